The van der Waals surface area contributed by atoms with Gasteiger partial charge in [-0.2, -0.15) is 0 Å². The van der Waals surface area contributed by atoms with Crippen molar-refractivity contribution in [2.75, 3.05) is 23.7 Å². The van der Waals surface area contributed by atoms with Crippen LogP contribution in [0.3, 0.4) is 0 Å². The number of rotatable bonds is 8. The predicted octanol–water partition coefficient (Wildman–Crippen LogP) is 4.32. The first-order valence-corrected chi connectivity index (χ1v) is 12.8. The molecule has 9 nitrogen and oxygen atoms in total. The molecule has 0 aliphatic heterocycles. The molecule has 3 aromatic rings. The molecule has 0 spiro atoms. The van der Waals surface area contributed by atoms with Gasteiger partial charge < -0.3 is 14.6 Å². The van der Waals surface area contributed by atoms with Gasteiger partial charge in [0.1, 0.15) is 32.7 Å². The fraction of sp³-hybridized carbons (Fsp3) is 0.100. The normalized spacial score (nSPS) is 11.6. The third-order valence-electron chi connectivity index (χ3n) is 4.35. The Labute approximate surface area is 201 Å². The molecule has 0 saturated heterocycles. The maximum atomic E-state index is 13.0. The van der Waals surface area contributed by atoms with Crippen LogP contribution in [0.5, 0.6) is 17.2 Å². The summed E-state index contributed by atoms with van der Waals surface area (Å²) < 4.78 is 66.8. The van der Waals surface area contributed by atoms with Crippen LogP contribution in [-0.4, -0.2) is 36.2 Å². The molecule has 0 unspecified atom stereocenters. The largest absolute Gasteiger partial charge is 0.506 e. The van der Waals surface area contributed by atoms with Crippen LogP contribution in [0.4, 0.5) is 11.4 Å². The van der Waals surface area contributed by atoms with Gasteiger partial charge in [-0.05, 0) is 48.5 Å². The highest BCUT2D eigenvalue weighted by Crippen LogP contribution is 2.38. The van der Waals surface area contributed by atoms with Crippen molar-refractivity contribution in [2.45, 2.75) is 9.79 Å². The van der Waals surface area contributed by atoms with E-state index in [-0.39, 0.29) is 37.0 Å². The van der Waals surface area contributed by atoms with E-state index in [1.165, 1.54) is 62.8 Å². The number of halogens is 2. The smallest absolute Gasteiger partial charge is 0.265 e. The highest BCUT2D eigenvalue weighted by molar-refractivity contribution is 7.93. The van der Waals surface area contributed by atoms with Crippen LogP contribution >= 0.6 is 23.2 Å². The SMILES string of the molecule is COc1ccc(Cl)cc1S(=O)(=O)Nc1cccc(O)c1NS(=O)(=O)c1cc(Cl)ccc1OC. The van der Waals surface area contributed by atoms with Crippen molar-refractivity contribution in [2.24, 2.45) is 0 Å². The van der Waals surface area contributed by atoms with Crippen LogP contribution in [0.1, 0.15) is 0 Å². The summed E-state index contributed by atoms with van der Waals surface area (Å²) in [7, 11) is -6.11. The number of para-hydroxylation sites is 1. The molecule has 0 aliphatic carbocycles. The van der Waals surface area contributed by atoms with E-state index in [2.05, 4.69) is 9.44 Å². The van der Waals surface area contributed by atoms with Gasteiger partial charge in [-0.1, -0.05) is 29.3 Å². The lowest BCUT2D eigenvalue weighted by Gasteiger charge is -2.17. The number of hydrogen-bond acceptors (Lipinski definition) is 7. The van der Waals surface area contributed by atoms with Crippen LogP contribution in [-0.2, 0) is 20.0 Å². The number of sulfonamides is 2. The average molecular weight is 533 g/mol. The van der Waals surface area contributed by atoms with Gasteiger partial charge in [-0.3, -0.25) is 9.44 Å². The first kappa shape index (κ1) is 24.8. The lowest BCUT2D eigenvalue weighted by atomic mass is 10.2. The Morgan fingerprint density at radius 3 is 1.73 bits per heavy atom. The standard InChI is InChI=1S/C20H18Cl2N2O7S2/c1-30-16-8-6-12(21)10-18(16)32(26,27)23-14-4-3-5-15(25)20(14)24-33(28,29)19-11-13(22)7-9-17(19)31-2/h3-11,23-25H,1-2H3. The van der Waals surface area contributed by atoms with Gasteiger partial charge in [-0.25, -0.2) is 16.8 Å². The first-order valence-electron chi connectivity index (χ1n) is 9.03. The van der Waals surface area contributed by atoms with Crippen molar-refractivity contribution in [3.8, 4) is 17.2 Å². The molecule has 3 rings (SSSR count). The molecule has 13 heteroatoms. The topological polar surface area (TPSA) is 131 Å². The minimum Gasteiger partial charge on any atom is -0.506 e. The third kappa shape index (κ3) is 5.38. The van der Waals surface area contributed by atoms with E-state index in [0.29, 0.717) is 0 Å². The molecule has 0 atom stereocenters. The molecular weight excluding hydrogens is 515 g/mol. The monoisotopic (exact) mass is 532 g/mol. The molecule has 0 fully saturated rings. The summed E-state index contributed by atoms with van der Waals surface area (Å²) in [5.74, 6) is -0.524. The minimum absolute atomic E-state index is 0.00637. The van der Waals surface area contributed by atoms with Crippen molar-refractivity contribution < 1.29 is 31.4 Å². The zero-order valence-corrected chi connectivity index (χ0v) is 20.3. The summed E-state index contributed by atoms with van der Waals surface area (Å²) >= 11 is 11.9. The zero-order valence-electron chi connectivity index (χ0n) is 17.2. The van der Waals surface area contributed by atoms with Crippen LogP contribution in [0.25, 0.3) is 0 Å². The number of phenols is 1. The predicted molar refractivity (Wildman–Crippen MR) is 126 cm³/mol. The Balaban J connectivity index is 2.06. The average Bonchev–Trinajstić information content (AvgIpc) is 2.76. The highest BCUT2D eigenvalue weighted by Gasteiger charge is 2.26. The minimum atomic E-state index is -4.36. The summed E-state index contributed by atoms with van der Waals surface area (Å²) in [4.78, 5) is -0.600. The van der Waals surface area contributed by atoms with Crippen molar-refractivity contribution in [1.82, 2.24) is 0 Å². The number of phenolic OH excluding ortho intramolecular Hbond substituents is 1. The molecule has 3 aromatic carbocycles. The second kappa shape index (κ2) is 9.56. The summed E-state index contributed by atoms with van der Waals surface area (Å²) in [6, 6.07) is 11.7. The molecule has 0 aliphatic rings. The molecule has 0 bridgehead atoms. The van der Waals surface area contributed by atoms with Crippen LogP contribution in [0, 0.1) is 0 Å². The quantitative estimate of drug-likeness (QED) is 0.368. The van der Waals surface area contributed by atoms with Crippen LogP contribution in [0.15, 0.2) is 64.4 Å². The fourth-order valence-electron chi connectivity index (χ4n) is 2.84. The third-order valence-corrected chi connectivity index (χ3v) is 7.58. The summed E-state index contributed by atoms with van der Waals surface area (Å²) in [5.41, 5.74) is -0.661. The second-order valence-corrected chi connectivity index (χ2v) is 10.7. The summed E-state index contributed by atoms with van der Waals surface area (Å²) in [6.45, 7) is 0. The molecule has 0 aromatic heterocycles. The Kier molecular flexibility index (Phi) is 7.17. The van der Waals surface area contributed by atoms with Gasteiger partial charge in [0.05, 0.1) is 19.9 Å². The van der Waals surface area contributed by atoms with E-state index in [4.69, 9.17) is 32.7 Å². The van der Waals surface area contributed by atoms with E-state index in [1.807, 2.05) is 0 Å². The van der Waals surface area contributed by atoms with Crippen molar-refractivity contribution in [1.29, 1.82) is 0 Å². The van der Waals surface area contributed by atoms with Crippen LogP contribution in [0.2, 0.25) is 10.0 Å². The number of aromatic hydroxyl groups is 1. The number of anilines is 2. The maximum Gasteiger partial charge on any atom is 0.265 e. The Bertz CT molecular complexity index is 1410. The van der Waals surface area contributed by atoms with E-state index in [0.717, 1.165) is 6.07 Å². The number of methoxy groups -OCH3 is 2. The van der Waals surface area contributed by atoms with E-state index >= 15 is 0 Å². The molecule has 0 saturated carbocycles. The summed E-state index contributed by atoms with van der Waals surface area (Å²) in [6.07, 6.45) is 0. The Hall–Kier alpha value is -2.86. The Morgan fingerprint density at radius 1 is 0.758 bits per heavy atom. The van der Waals surface area contributed by atoms with Gasteiger partial charge in [-0.15, -0.1) is 0 Å². The highest BCUT2D eigenvalue weighted by atomic mass is 35.5. The molecular formula is C20H18Cl2N2O7S2. The first-order chi connectivity index (χ1) is 15.5. The van der Waals surface area contributed by atoms with Gasteiger partial charge in [0.2, 0.25) is 0 Å². The molecule has 3 N–H and O–H groups in total. The number of hydrogen-bond donors (Lipinski definition) is 3. The van der Waals surface area contributed by atoms with E-state index in [1.54, 1.807) is 0 Å². The van der Waals surface area contributed by atoms with E-state index in [9.17, 15) is 21.9 Å². The molecule has 176 valence electrons. The number of benzene rings is 3. The van der Waals surface area contributed by atoms with Gasteiger partial charge in [0.15, 0.2) is 0 Å². The number of ether oxygens (including phenoxy) is 2. The van der Waals surface area contributed by atoms with Crippen molar-refractivity contribution in [3.05, 3.63) is 64.6 Å². The maximum absolute atomic E-state index is 13.0. The summed E-state index contributed by atoms with van der Waals surface area (Å²) in [5, 5.41) is 10.6. The lowest BCUT2D eigenvalue weighted by Crippen LogP contribution is -2.18. The van der Waals surface area contributed by atoms with Crippen molar-refractivity contribution >= 4 is 54.6 Å². The Morgan fingerprint density at radius 2 is 1.24 bits per heavy atom. The molecule has 0 amide bonds. The zero-order chi connectivity index (χ0) is 24.4. The van der Waals surface area contributed by atoms with E-state index < -0.39 is 31.5 Å². The number of nitrogens with one attached hydrogen (secondary N) is 2. The molecule has 33 heavy (non-hydrogen) atoms. The van der Waals surface area contributed by atoms with Gasteiger partial charge >= 0.3 is 0 Å². The second-order valence-electron chi connectivity index (χ2n) is 6.50. The lowest BCUT2D eigenvalue weighted by molar-refractivity contribution is 0.402. The molecule has 0 radical (unpaired) electrons. The van der Waals surface area contributed by atoms with Gasteiger partial charge in [0, 0.05) is 10.0 Å². The van der Waals surface area contributed by atoms with Gasteiger partial charge in [0.25, 0.3) is 20.0 Å². The van der Waals surface area contributed by atoms with Crippen molar-refractivity contribution in [3.63, 3.8) is 0 Å². The fourth-order valence-corrected chi connectivity index (χ4v) is 5.88. The molecule has 0 heterocycles. The van der Waals surface area contributed by atoms with Crippen LogP contribution < -0.4 is 18.9 Å².